The van der Waals surface area contributed by atoms with Gasteiger partial charge >= 0.3 is 0 Å². The van der Waals surface area contributed by atoms with Crippen molar-refractivity contribution < 1.29 is 4.74 Å². The number of hydrogen-bond acceptors (Lipinski definition) is 4. The molecule has 1 saturated heterocycles. The number of nitrogens with zero attached hydrogens (tertiary/aromatic N) is 4. The largest absolute Gasteiger partial charge is 0.378 e. The van der Waals surface area contributed by atoms with Crippen molar-refractivity contribution in [2.75, 3.05) is 31.2 Å². The van der Waals surface area contributed by atoms with Gasteiger partial charge in [0.05, 0.1) is 18.9 Å². The molecule has 0 saturated carbocycles. The zero-order valence-corrected chi connectivity index (χ0v) is 15.6. The van der Waals surface area contributed by atoms with Gasteiger partial charge in [-0.25, -0.2) is 9.67 Å². The molecule has 26 heavy (non-hydrogen) atoms. The number of aryl methyl sites for hydroxylation is 2. The standard InChI is InChI=1S/C21H24N4O/c1-15-5-4-6-18(13-15)19-7-8-25(23-19)21-14-20(16(2)17(3)22-21)24-9-11-26-12-10-24/h4-8,13-14H,9-12H2,1-3H3. The summed E-state index contributed by atoms with van der Waals surface area (Å²) in [5.74, 6) is 0.855. The van der Waals surface area contributed by atoms with Gasteiger partial charge in [-0.1, -0.05) is 23.8 Å². The van der Waals surface area contributed by atoms with E-state index in [0.717, 1.165) is 49.1 Å². The highest BCUT2D eigenvalue weighted by atomic mass is 16.5. The Hall–Kier alpha value is -2.66. The number of ether oxygens (including phenoxy) is 1. The molecule has 3 aromatic rings. The highest BCUT2D eigenvalue weighted by Gasteiger charge is 2.17. The Morgan fingerprint density at radius 2 is 1.81 bits per heavy atom. The molecule has 0 radical (unpaired) electrons. The van der Waals surface area contributed by atoms with Crippen molar-refractivity contribution in [3.63, 3.8) is 0 Å². The molecule has 0 spiro atoms. The molecular formula is C21H24N4O. The Balaban J connectivity index is 1.71. The number of benzene rings is 1. The summed E-state index contributed by atoms with van der Waals surface area (Å²) in [6, 6.07) is 12.6. The second kappa shape index (κ2) is 6.92. The molecule has 1 aliphatic heterocycles. The van der Waals surface area contributed by atoms with E-state index in [1.807, 2.05) is 16.9 Å². The van der Waals surface area contributed by atoms with E-state index in [1.54, 1.807) is 0 Å². The topological polar surface area (TPSA) is 43.2 Å². The lowest BCUT2D eigenvalue weighted by atomic mass is 10.1. The molecule has 0 amide bonds. The maximum atomic E-state index is 5.49. The fourth-order valence-corrected chi connectivity index (χ4v) is 3.36. The molecule has 0 N–H and O–H groups in total. The highest BCUT2D eigenvalue weighted by molar-refractivity contribution is 5.61. The number of hydrogen-bond donors (Lipinski definition) is 0. The van der Waals surface area contributed by atoms with E-state index in [1.165, 1.54) is 16.8 Å². The number of rotatable bonds is 3. The third-order valence-corrected chi connectivity index (χ3v) is 4.96. The van der Waals surface area contributed by atoms with E-state index in [9.17, 15) is 0 Å². The number of anilines is 1. The summed E-state index contributed by atoms with van der Waals surface area (Å²) in [5, 5.41) is 4.76. The average Bonchev–Trinajstić information content (AvgIpc) is 3.15. The van der Waals surface area contributed by atoms with Crippen LogP contribution in [-0.4, -0.2) is 41.1 Å². The van der Waals surface area contributed by atoms with Crippen molar-refractivity contribution in [2.45, 2.75) is 20.8 Å². The smallest absolute Gasteiger partial charge is 0.155 e. The Kier molecular flexibility index (Phi) is 4.47. The van der Waals surface area contributed by atoms with Crippen LogP contribution in [-0.2, 0) is 4.74 Å². The lowest BCUT2D eigenvalue weighted by Crippen LogP contribution is -2.36. The van der Waals surface area contributed by atoms with Crippen LogP contribution in [0.5, 0.6) is 0 Å². The van der Waals surface area contributed by atoms with Crippen molar-refractivity contribution in [3.05, 3.63) is 59.4 Å². The molecule has 0 atom stereocenters. The van der Waals surface area contributed by atoms with Crippen molar-refractivity contribution in [3.8, 4) is 17.1 Å². The summed E-state index contributed by atoms with van der Waals surface area (Å²) in [6.07, 6.45) is 1.98. The molecule has 5 heteroatoms. The SMILES string of the molecule is Cc1cccc(-c2ccn(-c3cc(N4CCOCC4)c(C)c(C)n3)n2)c1. The van der Waals surface area contributed by atoms with Crippen LogP contribution < -0.4 is 4.90 Å². The van der Waals surface area contributed by atoms with Gasteiger partial charge in [0.25, 0.3) is 0 Å². The highest BCUT2D eigenvalue weighted by Crippen LogP contribution is 2.26. The molecule has 5 nitrogen and oxygen atoms in total. The zero-order chi connectivity index (χ0) is 18.1. The van der Waals surface area contributed by atoms with Crippen LogP contribution in [0.2, 0.25) is 0 Å². The predicted octanol–water partition coefficient (Wildman–Crippen LogP) is 3.70. The van der Waals surface area contributed by atoms with Gasteiger partial charge in [-0.05, 0) is 38.5 Å². The minimum absolute atomic E-state index is 0.773. The molecular weight excluding hydrogens is 324 g/mol. The van der Waals surface area contributed by atoms with Crippen LogP contribution in [0.25, 0.3) is 17.1 Å². The lowest BCUT2D eigenvalue weighted by Gasteiger charge is -2.30. The van der Waals surface area contributed by atoms with E-state index in [-0.39, 0.29) is 0 Å². The zero-order valence-electron chi connectivity index (χ0n) is 15.6. The Labute approximate surface area is 154 Å². The fraction of sp³-hybridized carbons (Fsp3) is 0.333. The summed E-state index contributed by atoms with van der Waals surface area (Å²) >= 11 is 0. The molecule has 0 bridgehead atoms. The average molecular weight is 348 g/mol. The van der Waals surface area contributed by atoms with Crippen molar-refractivity contribution >= 4 is 5.69 Å². The summed E-state index contributed by atoms with van der Waals surface area (Å²) in [7, 11) is 0. The monoisotopic (exact) mass is 348 g/mol. The molecule has 134 valence electrons. The maximum absolute atomic E-state index is 5.49. The van der Waals surface area contributed by atoms with Crippen molar-refractivity contribution in [2.24, 2.45) is 0 Å². The van der Waals surface area contributed by atoms with Gasteiger partial charge in [0.1, 0.15) is 0 Å². The summed E-state index contributed by atoms with van der Waals surface area (Å²) in [5.41, 5.74) is 6.81. The number of pyridine rings is 1. The van der Waals surface area contributed by atoms with E-state index < -0.39 is 0 Å². The first kappa shape index (κ1) is 16.8. The number of aromatic nitrogens is 3. The molecule has 1 aromatic carbocycles. The summed E-state index contributed by atoms with van der Waals surface area (Å²) in [4.78, 5) is 7.14. The van der Waals surface area contributed by atoms with E-state index in [2.05, 4.69) is 56.0 Å². The Bertz CT molecular complexity index is 926. The summed E-state index contributed by atoms with van der Waals surface area (Å²) < 4.78 is 7.36. The van der Waals surface area contributed by atoms with Crippen LogP contribution in [0.1, 0.15) is 16.8 Å². The first-order valence-electron chi connectivity index (χ1n) is 9.06. The maximum Gasteiger partial charge on any atom is 0.155 e. The quantitative estimate of drug-likeness (QED) is 0.724. The first-order valence-corrected chi connectivity index (χ1v) is 9.06. The number of morpholine rings is 1. The third-order valence-electron chi connectivity index (χ3n) is 4.96. The second-order valence-electron chi connectivity index (χ2n) is 6.82. The van der Waals surface area contributed by atoms with Crippen LogP contribution >= 0.6 is 0 Å². The molecule has 4 rings (SSSR count). The Morgan fingerprint density at radius 1 is 1.00 bits per heavy atom. The van der Waals surface area contributed by atoms with Gasteiger partial charge in [0, 0.05) is 42.3 Å². The van der Waals surface area contributed by atoms with Crippen LogP contribution in [0.4, 0.5) is 5.69 Å². The first-order chi connectivity index (χ1) is 12.6. The minimum Gasteiger partial charge on any atom is -0.378 e. The van der Waals surface area contributed by atoms with Crippen molar-refractivity contribution in [1.82, 2.24) is 14.8 Å². The fourth-order valence-electron chi connectivity index (χ4n) is 3.36. The molecule has 2 aromatic heterocycles. The van der Waals surface area contributed by atoms with Crippen molar-refractivity contribution in [1.29, 1.82) is 0 Å². The van der Waals surface area contributed by atoms with Gasteiger partial charge < -0.3 is 9.64 Å². The molecule has 1 aliphatic rings. The van der Waals surface area contributed by atoms with Crippen LogP contribution in [0.15, 0.2) is 42.6 Å². The van der Waals surface area contributed by atoms with Crippen LogP contribution in [0, 0.1) is 20.8 Å². The van der Waals surface area contributed by atoms with Crippen LogP contribution in [0.3, 0.4) is 0 Å². The van der Waals surface area contributed by atoms with E-state index >= 15 is 0 Å². The summed E-state index contributed by atoms with van der Waals surface area (Å²) in [6.45, 7) is 9.67. The van der Waals surface area contributed by atoms with E-state index in [0.29, 0.717) is 0 Å². The van der Waals surface area contributed by atoms with Gasteiger partial charge in [0.15, 0.2) is 5.82 Å². The lowest BCUT2D eigenvalue weighted by molar-refractivity contribution is 0.122. The van der Waals surface area contributed by atoms with E-state index in [4.69, 9.17) is 14.8 Å². The molecule has 0 unspecified atom stereocenters. The van der Waals surface area contributed by atoms with Gasteiger partial charge in [-0.15, -0.1) is 0 Å². The minimum atomic E-state index is 0.773. The molecule has 0 aliphatic carbocycles. The van der Waals surface area contributed by atoms with Gasteiger partial charge in [-0.3, -0.25) is 0 Å². The van der Waals surface area contributed by atoms with Gasteiger partial charge in [0.2, 0.25) is 0 Å². The third kappa shape index (κ3) is 3.22. The Morgan fingerprint density at radius 3 is 2.58 bits per heavy atom. The second-order valence-corrected chi connectivity index (χ2v) is 6.82. The predicted molar refractivity (Wildman–Crippen MR) is 104 cm³/mol. The molecule has 3 heterocycles. The normalized spacial score (nSPS) is 14.7. The molecule has 1 fully saturated rings. The van der Waals surface area contributed by atoms with Gasteiger partial charge in [-0.2, -0.15) is 5.10 Å².